The van der Waals surface area contributed by atoms with Crippen molar-refractivity contribution in [2.45, 2.75) is 18.9 Å². The average molecular weight is 399 g/mol. The van der Waals surface area contributed by atoms with Crippen molar-refractivity contribution in [2.75, 3.05) is 0 Å². The van der Waals surface area contributed by atoms with E-state index >= 15 is 0 Å². The van der Waals surface area contributed by atoms with Gasteiger partial charge in [0, 0.05) is 13.1 Å². The van der Waals surface area contributed by atoms with Gasteiger partial charge in [-0.15, -0.1) is 0 Å². The Morgan fingerprint density at radius 2 is 2.29 bits per heavy atom. The molecule has 0 spiro atoms. The number of phenols is 1. The van der Waals surface area contributed by atoms with Crippen LogP contribution in [0.4, 0.5) is 4.39 Å². The van der Waals surface area contributed by atoms with E-state index in [0.29, 0.717) is 9.26 Å². The quantitative estimate of drug-likeness (QED) is 0.806. The number of aromatic nitrogens is 2. The van der Waals surface area contributed by atoms with E-state index in [1.165, 1.54) is 4.68 Å². The molecule has 1 aromatic carbocycles. The van der Waals surface area contributed by atoms with Crippen LogP contribution in [-0.4, -0.2) is 21.0 Å². The predicted octanol–water partition coefficient (Wildman–Crippen LogP) is 2.95. The van der Waals surface area contributed by atoms with E-state index in [1.54, 1.807) is 13.2 Å². The van der Waals surface area contributed by atoms with Crippen LogP contribution in [0.15, 0.2) is 12.3 Å². The standard InChI is InChI=1S/C14H11FIN3O2/c1-19-13(10(16)6-18-19)12-8(5-17)14(21-7-2-3-7)11(20)4-9(12)15/h4,6-7,20H,2-3H2,1H3. The normalized spacial score (nSPS) is 14.0. The Bertz CT molecular complexity index is 743. The highest BCUT2D eigenvalue weighted by atomic mass is 127. The molecule has 0 aliphatic heterocycles. The van der Waals surface area contributed by atoms with Crippen LogP contribution in [0.5, 0.6) is 11.5 Å². The van der Waals surface area contributed by atoms with Gasteiger partial charge in [0.25, 0.3) is 0 Å². The van der Waals surface area contributed by atoms with E-state index < -0.39 is 5.82 Å². The van der Waals surface area contributed by atoms with Crippen molar-refractivity contribution in [3.63, 3.8) is 0 Å². The van der Waals surface area contributed by atoms with Gasteiger partial charge >= 0.3 is 0 Å². The molecular formula is C14H11FIN3O2. The van der Waals surface area contributed by atoms with E-state index in [1.807, 2.05) is 28.7 Å². The number of aromatic hydroxyl groups is 1. The molecule has 108 valence electrons. The molecule has 7 heteroatoms. The summed E-state index contributed by atoms with van der Waals surface area (Å²) in [6.45, 7) is 0. The van der Waals surface area contributed by atoms with Crippen LogP contribution in [0, 0.1) is 20.7 Å². The third kappa shape index (κ3) is 2.44. The average Bonchev–Trinajstić information content (AvgIpc) is 3.20. The maximum absolute atomic E-state index is 14.3. The molecule has 0 atom stereocenters. The summed E-state index contributed by atoms with van der Waals surface area (Å²) in [5.74, 6) is -0.973. The number of aryl methyl sites for hydroxylation is 1. The summed E-state index contributed by atoms with van der Waals surface area (Å²) in [6.07, 6.45) is 3.33. The maximum atomic E-state index is 14.3. The second-order valence-corrected chi connectivity index (χ2v) is 6.01. The van der Waals surface area contributed by atoms with Gasteiger partial charge in [0.1, 0.15) is 17.4 Å². The van der Waals surface area contributed by atoms with E-state index in [2.05, 4.69) is 5.10 Å². The Kier molecular flexibility index (Phi) is 3.49. The molecule has 1 aromatic heterocycles. The van der Waals surface area contributed by atoms with Gasteiger partial charge in [0.05, 0.1) is 27.1 Å². The van der Waals surface area contributed by atoms with Crippen LogP contribution in [0.2, 0.25) is 0 Å². The van der Waals surface area contributed by atoms with Crippen LogP contribution in [0.1, 0.15) is 18.4 Å². The topological polar surface area (TPSA) is 71.1 Å². The number of nitrogens with zero attached hydrogens (tertiary/aromatic N) is 3. The lowest BCUT2D eigenvalue weighted by Crippen LogP contribution is -2.04. The molecule has 21 heavy (non-hydrogen) atoms. The maximum Gasteiger partial charge on any atom is 0.179 e. The lowest BCUT2D eigenvalue weighted by atomic mass is 10.0. The Morgan fingerprint density at radius 1 is 1.57 bits per heavy atom. The van der Waals surface area contributed by atoms with Gasteiger partial charge in [-0.2, -0.15) is 10.4 Å². The van der Waals surface area contributed by atoms with E-state index in [-0.39, 0.29) is 28.7 Å². The second-order valence-electron chi connectivity index (χ2n) is 4.85. The number of phenolic OH excluding ortho intramolecular Hbond substituents is 1. The van der Waals surface area contributed by atoms with Crippen molar-refractivity contribution in [1.29, 1.82) is 5.26 Å². The Morgan fingerprint density at radius 3 is 2.81 bits per heavy atom. The first-order chi connectivity index (χ1) is 10.0. The van der Waals surface area contributed by atoms with Gasteiger partial charge in [-0.05, 0) is 35.4 Å². The summed E-state index contributed by atoms with van der Waals surface area (Å²) in [7, 11) is 1.67. The highest BCUT2D eigenvalue weighted by Gasteiger charge is 2.30. The van der Waals surface area contributed by atoms with Crippen LogP contribution in [-0.2, 0) is 7.05 Å². The first-order valence-corrected chi connectivity index (χ1v) is 7.41. The van der Waals surface area contributed by atoms with Gasteiger partial charge in [-0.25, -0.2) is 4.39 Å². The Labute approximate surface area is 134 Å². The van der Waals surface area contributed by atoms with Crippen molar-refractivity contribution < 1.29 is 14.2 Å². The number of hydrogen-bond donors (Lipinski definition) is 1. The molecule has 1 N–H and O–H groups in total. The van der Waals surface area contributed by atoms with E-state index in [0.717, 1.165) is 18.9 Å². The van der Waals surface area contributed by atoms with Gasteiger partial charge in [-0.3, -0.25) is 4.68 Å². The second kappa shape index (κ2) is 5.18. The highest BCUT2D eigenvalue weighted by molar-refractivity contribution is 14.1. The van der Waals surface area contributed by atoms with Crippen LogP contribution in [0.25, 0.3) is 11.3 Å². The highest BCUT2D eigenvalue weighted by Crippen LogP contribution is 2.42. The molecule has 1 fully saturated rings. The largest absolute Gasteiger partial charge is 0.504 e. The van der Waals surface area contributed by atoms with Gasteiger partial charge < -0.3 is 9.84 Å². The summed E-state index contributed by atoms with van der Waals surface area (Å²) in [5, 5.41) is 23.4. The minimum Gasteiger partial charge on any atom is -0.504 e. The van der Waals surface area contributed by atoms with Crippen molar-refractivity contribution in [1.82, 2.24) is 9.78 Å². The molecule has 0 saturated heterocycles. The molecule has 5 nitrogen and oxygen atoms in total. The van der Waals surface area contributed by atoms with Crippen molar-refractivity contribution in [3.8, 4) is 28.8 Å². The van der Waals surface area contributed by atoms with Crippen molar-refractivity contribution in [2.24, 2.45) is 7.05 Å². The Balaban J connectivity index is 2.26. The fourth-order valence-electron chi connectivity index (χ4n) is 2.12. The minimum atomic E-state index is -0.672. The molecule has 0 bridgehead atoms. The molecule has 0 unspecified atom stereocenters. The lowest BCUT2D eigenvalue weighted by Gasteiger charge is -2.14. The predicted molar refractivity (Wildman–Crippen MR) is 81.3 cm³/mol. The van der Waals surface area contributed by atoms with E-state index in [4.69, 9.17) is 4.74 Å². The number of hydrogen-bond acceptors (Lipinski definition) is 4. The smallest absolute Gasteiger partial charge is 0.179 e. The summed E-state index contributed by atoms with van der Waals surface area (Å²) in [4.78, 5) is 0. The Hall–Kier alpha value is -1.82. The summed E-state index contributed by atoms with van der Waals surface area (Å²) in [6, 6.07) is 2.94. The number of rotatable bonds is 3. The monoisotopic (exact) mass is 399 g/mol. The molecule has 1 aliphatic rings. The number of ether oxygens (including phenoxy) is 1. The fraction of sp³-hybridized carbons (Fsp3) is 0.286. The summed E-state index contributed by atoms with van der Waals surface area (Å²) in [5.41, 5.74) is 0.599. The van der Waals surface area contributed by atoms with Gasteiger partial charge in [0.2, 0.25) is 0 Å². The number of halogens is 2. The van der Waals surface area contributed by atoms with Crippen LogP contribution >= 0.6 is 22.6 Å². The van der Waals surface area contributed by atoms with Crippen molar-refractivity contribution in [3.05, 3.63) is 27.2 Å². The van der Waals surface area contributed by atoms with Crippen LogP contribution < -0.4 is 4.74 Å². The SMILES string of the molecule is Cn1ncc(I)c1-c1c(F)cc(O)c(OC2CC2)c1C#N. The lowest BCUT2D eigenvalue weighted by molar-refractivity contribution is 0.285. The summed E-state index contributed by atoms with van der Waals surface area (Å²) >= 11 is 2.03. The molecule has 1 aliphatic carbocycles. The van der Waals surface area contributed by atoms with Gasteiger partial charge in [-0.1, -0.05) is 0 Å². The first-order valence-electron chi connectivity index (χ1n) is 6.33. The summed E-state index contributed by atoms with van der Waals surface area (Å²) < 4.78 is 22.1. The number of nitriles is 1. The molecule has 3 rings (SSSR count). The molecule has 0 amide bonds. The van der Waals surface area contributed by atoms with E-state index in [9.17, 15) is 14.8 Å². The van der Waals surface area contributed by atoms with Crippen molar-refractivity contribution >= 4 is 22.6 Å². The first kappa shape index (κ1) is 14.1. The third-order valence-electron chi connectivity index (χ3n) is 3.26. The zero-order chi connectivity index (χ0) is 15.1. The third-order valence-corrected chi connectivity index (χ3v) is 4.05. The molecule has 1 heterocycles. The zero-order valence-electron chi connectivity index (χ0n) is 11.1. The number of benzene rings is 1. The zero-order valence-corrected chi connectivity index (χ0v) is 13.3. The minimum absolute atomic E-state index is 0.000848. The fourth-order valence-corrected chi connectivity index (χ4v) is 2.86. The van der Waals surface area contributed by atoms with Crippen LogP contribution in [0.3, 0.4) is 0 Å². The molecule has 0 radical (unpaired) electrons. The molecule has 1 saturated carbocycles. The van der Waals surface area contributed by atoms with Gasteiger partial charge in [0.15, 0.2) is 11.5 Å². The molecule has 2 aromatic rings. The molecular weight excluding hydrogens is 388 g/mol.